The van der Waals surface area contributed by atoms with Crippen LogP contribution in [0.5, 0.6) is 0 Å². The molecule has 142 valence electrons. The number of hydrogen-bond donors (Lipinski definition) is 1. The highest BCUT2D eigenvalue weighted by molar-refractivity contribution is 7.98. The summed E-state index contributed by atoms with van der Waals surface area (Å²) in [6.07, 6.45) is 0. The second-order valence-corrected chi connectivity index (χ2v) is 8.91. The first kappa shape index (κ1) is 19.0. The lowest BCUT2D eigenvalue weighted by Crippen LogP contribution is -2.35. The maximum Gasteiger partial charge on any atom is 0.357 e. The van der Waals surface area contributed by atoms with Gasteiger partial charge in [0.05, 0.1) is 0 Å². The number of rotatable bonds is 6. The Morgan fingerprint density at radius 1 is 0.786 bits per heavy atom. The zero-order valence-electron chi connectivity index (χ0n) is 16.1. The summed E-state index contributed by atoms with van der Waals surface area (Å²) in [5.74, 6) is 2.37. The molecule has 2 N–H and O–H groups in total. The number of aryl methyl sites for hydroxylation is 2. The van der Waals surface area contributed by atoms with Gasteiger partial charge in [-0.25, -0.2) is 9.13 Å². The molecule has 0 aliphatic carbocycles. The zero-order chi connectivity index (χ0) is 19.5. The van der Waals surface area contributed by atoms with Crippen LogP contribution in [0.1, 0.15) is 11.1 Å². The first-order chi connectivity index (χ1) is 13.6. The van der Waals surface area contributed by atoms with E-state index in [0.29, 0.717) is 0 Å². The van der Waals surface area contributed by atoms with Crippen LogP contribution in [0.3, 0.4) is 0 Å². The molecule has 4 aromatic rings. The van der Waals surface area contributed by atoms with Crippen molar-refractivity contribution in [3.8, 4) is 0 Å². The summed E-state index contributed by atoms with van der Waals surface area (Å²) in [6, 6.07) is 25.7. The number of thioether (sulfide) groups is 2. The number of aromatic nitrogens is 2. The highest BCUT2D eigenvalue weighted by Gasteiger charge is 2.20. The van der Waals surface area contributed by atoms with Gasteiger partial charge in [0.2, 0.25) is 0 Å². The largest absolute Gasteiger partial charge is 0.357 e. The quantitative estimate of drug-likeness (QED) is 0.333. The van der Waals surface area contributed by atoms with Crippen molar-refractivity contribution in [2.75, 3.05) is 5.73 Å². The molecule has 5 heteroatoms. The molecule has 0 radical (unpaired) electrons. The van der Waals surface area contributed by atoms with Crippen LogP contribution in [0.2, 0.25) is 0 Å². The number of hydrogen-bond acceptors (Lipinski definition) is 3. The van der Waals surface area contributed by atoms with Gasteiger partial charge in [-0.2, -0.15) is 0 Å². The van der Waals surface area contributed by atoms with Crippen LogP contribution >= 0.6 is 23.5 Å². The van der Waals surface area contributed by atoms with Gasteiger partial charge in [0.25, 0.3) is 0 Å². The van der Waals surface area contributed by atoms with E-state index in [1.54, 1.807) is 23.5 Å². The molecule has 1 aromatic heterocycles. The van der Waals surface area contributed by atoms with Crippen molar-refractivity contribution < 1.29 is 4.57 Å². The average Bonchev–Trinajstić information content (AvgIpc) is 2.98. The van der Waals surface area contributed by atoms with Crippen LogP contribution < -0.4 is 10.3 Å². The van der Waals surface area contributed by atoms with Gasteiger partial charge in [-0.05, 0) is 50.2 Å². The topological polar surface area (TPSA) is 34.8 Å². The molecule has 0 atom stereocenters. The molecule has 0 unspecified atom stereocenters. The van der Waals surface area contributed by atoms with E-state index in [0.717, 1.165) is 17.7 Å². The van der Waals surface area contributed by atoms with Crippen LogP contribution in [0, 0.1) is 13.8 Å². The van der Waals surface area contributed by atoms with Gasteiger partial charge in [-0.3, -0.25) is 5.73 Å². The smallest absolute Gasteiger partial charge is 0.290 e. The Morgan fingerprint density at radius 3 is 2.00 bits per heavy atom. The van der Waals surface area contributed by atoms with Crippen LogP contribution in [0.25, 0.3) is 11.0 Å². The molecule has 0 aliphatic heterocycles. The van der Waals surface area contributed by atoms with E-state index in [1.807, 2.05) is 0 Å². The van der Waals surface area contributed by atoms with E-state index >= 15 is 0 Å². The van der Waals surface area contributed by atoms with Crippen molar-refractivity contribution in [3.05, 3.63) is 83.9 Å². The predicted molar refractivity (Wildman–Crippen MR) is 121 cm³/mol. The Kier molecular flexibility index (Phi) is 5.64. The Hall–Kier alpha value is -2.37. The first-order valence-corrected chi connectivity index (χ1v) is 11.2. The van der Waals surface area contributed by atoms with E-state index in [2.05, 4.69) is 95.8 Å². The second kappa shape index (κ2) is 8.33. The van der Waals surface area contributed by atoms with Gasteiger partial charge >= 0.3 is 5.95 Å². The Bertz CT molecular complexity index is 997. The Balaban J connectivity index is 1.59. The molecule has 0 spiro atoms. The first-order valence-electron chi connectivity index (χ1n) is 9.27. The highest BCUT2D eigenvalue weighted by atomic mass is 32.2. The molecule has 3 nitrogen and oxygen atoms in total. The molecular formula is C23H24N3S2+. The van der Waals surface area contributed by atoms with Gasteiger partial charge in [-0.1, -0.05) is 71.0 Å². The standard InChI is InChI=1S/C23H23N3S2/c1-17-7-11-19(12-8-17)27-15-25-21-5-3-4-6-22(21)26(23(25)24)16-28-20-13-9-18(2)10-14-20/h3-14,24H,15-16H2,1-2H3/p+1. The molecule has 0 aliphatic rings. The molecule has 0 saturated heterocycles. The summed E-state index contributed by atoms with van der Waals surface area (Å²) in [4.78, 5) is 2.51. The van der Waals surface area contributed by atoms with E-state index in [9.17, 15) is 0 Å². The normalized spacial score (nSPS) is 11.2. The molecule has 3 aromatic carbocycles. The third-order valence-electron chi connectivity index (χ3n) is 4.78. The summed E-state index contributed by atoms with van der Waals surface area (Å²) in [7, 11) is 0. The van der Waals surface area contributed by atoms with Gasteiger partial charge in [0, 0.05) is 9.79 Å². The van der Waals surface area contributed by atoms with E-state index in [-0.39, 0.29) is 0 Å². The fraction of sp³-hybridized carbons (Fsp3) is 0.174. The molecule has 0 amide bonds. The van der Waals surface area contributed by atoms with E-state index in [1.165, 1.54) is 32.0 Å². The van der Waals surface area contributed by atoms with Crippen LogP contribution in [-0.4, -0.2) is 4.57 Å². The Morgan fingerprint density at radius 2 is 1.36 bits per heavy atom. The highest BCUT2D eigenvalue weighted by Crippen LogP contribution is 2.26. The van der Waals surface area contributed by atoms with E-state index in [4.69, 9.17) is 5.73 Å². The zero-order valence-corrected chi connectivity index (χ0v) is 17.8. The van der Waals surface area contributed by atoms with Gasteiger partial charge in [0.15, 0.2) is 0 Å². The van der Waals surface area contributed by atoms with Crippen molar-refractivity contribution in [2.45, 2.75) is 35.4 Å². The maximum absolute atomic E-state index is 6.59. The number of imidazole rings is 1. The summed E-state index contributed by atoms with van der Waals surface area (Å²) in [6.45, 7) is 4.22. The summed E-state index contributed by atoms with van der Waals surface area (Å²) in [5.41, 5.74) is 11.5. The maximum atomic E-state index is 6.59. The minimum Gasteiger partial charge on any atom is -0.290 e. The number of benzene rings is 3. The second-order valence-electron chi connectivity index (χ2n) is 6.88. The fourth-order valence-electron chi connectivity index (χ4n) is 3.13. The lowest BCUT2D eigenvalue weighted by Gasteiger charge is -2.04. The van der Waals surface area contributed by atoms with Crippen molar-refractivity contribution >= 4 is 40.5 Å². The lowest BCUT2D eigenvalue weighted by molar-refractivity contribution is -0.635. The average molecular weight is 407 g/mol. The van der Waals surface area contributed by atoms with Crippen LogP contribution in [-0.2, 0) is 11.8 Å². The monoisotopic (exact) mass is 406 g/mol. The van der Waals surface area contributed by atoms with Crippen molar-refractivity contribution in [3.63, 3.8) is 0 Å². The lowest BCUT2D eigenvalue weighted by atomic mass is 10.2. The SMILES string of the molecule is Cc1ccc(SCn2c(N)[n+](CSc3ccc(C)cc3)c3ccccc32)cc1. The summed E-state index contributed by atoms with van der Waals surface area (Å²) in [5, 5.41) is 0. The number of anilines is 1. The molecule has 1 heterocycles. The number of fused-ring (bicyclic) bond motifs is 1. The third-order valence-corrected chi connectivity index (χ3v) is 6.76. The minimum atomic E-state index is 0.789. The molecule has 28 heavy (non-hydrogen) atoms. The van der Waals surface area contributed by atoms with Crippen molar-refractivity contribution in [1.29, 1.82) is 0 Å². The Labute approximate surface area is 174 Å². The number of nitrogens with zero attached hydrogens (tertiary/aromatic N) is 2. The van der Waals surface area contributed by atoms with Crippen molar-refractivity contribution in [2.24, 2.45) is 0 Å². The number of nitrogens with two attached hydrogens (primary N) is 1. The molecular weight excluding hydrogens is 382 g/mol. The van der Waals surface area contributed by atoms with Crippen molar-refractivity contribution in [1.82, 2.24) is 4.57 Å². The van der Waals surface area contributed by atoms with Crippen LogP contribution in [0.4, 0.5) is 5.95 Å². The van der Waals surface area contributed by atoms with Gasteiger partial charge in [0.1, 0.15) is 22.8 Å². The minimum absolute atomic E-state index is 0.789. The van der Waals surface area contributed by atoms with Gasteiger partial charge in [-0.15, -0.1) is 0 Å². The van der Waals surface area contributed by atoms with Gasteiger partial charge < -0.3 is 0 Å². The summed E-state index contributed by atoms with van der Waals surface area (Å²) >= 11 is 3.61. The molecule has 0 saturated carbocycles. The van der Waals surface area contributed by atoms with Crippen LogP contribution in [0.15, 0.2) is 82.6 Å². The number of nitrogen functional groups attached to an aromatic ring is 1. The molecule has 0 bridgehead atoms. The molecule has 4 rings (SSSR count). The predicted octanol–water partition coefficient (Wildman–Crippen LogP) is 5.63. The number of para-hydroxylation sites is 2. The summed E-state index contributed by atoms with van der Waals surface area (Å²) < 4.78 is 4.41. The van der Waals surface area contributed by atoms with E-state index < -0.39 is 0 Å². The fourth-order valence-corrected chi connectivity index (χ4v) is 4.89. The molecule has 0 fully saturated rings. The third kappa shape index (κ3) is 4.05.